The van der Waals surface area contributed by atoms with Crippen molar-refractivity contribution in [1.29, 1.82) is 0 Å². The van der Waals surface area contributed by atoms with E-state index in [1.807, 2.05) is 0 Å². The Bertz CT molecular complexity index is 272. The van der Waals surface area contributed by atoms with Gasteiger partial charge in [0, 0.05) is 6.54 Å². The van der Waals surface area contributed by atoms with Gasteiger partial charge in [-0.05, 0) is 18.8 Å². The van der Waals surface area contributed by atoms with Gasteiger partial charge in [0.05, 0.1) is 11.8 Å². The lowest BCUT2D eigenvalue weighted by molar-refractivity contribution is -0.144. The van der Waals surface area contributed by atoms with Crippen LogP contribution in [0.3, 0.4) is 0 Å². The number of halogens is 1. The Kier molecular flexibility index (Phi) is 6.11. The topological polar surface area (TPSA) is 75.6 Å². The van der Waals surface area contributed by atoms with Crippen LogP contribution in [0.4, 0.5) is 4.79 Å². The van der Waals surface area contributed by atoms with Crippen LogP contribution >= 0.6 is 11.6 Å². The molecule has 0 aromatic carbocycles. The van der Waals surface area contributed by atoms with Gasteiger partial charge >= 0.3 is 12.1 Å². The molecule has 1 fully saturated rings. The molecule has 0 spiro atoms. The number of alkyl halides is 1. The number of ether oxygens (including phenoxy) is 1. The first-order valence-corrected chi connectivity index (χ1v) is 6.38. The number of nitrogens with one attached hydrogen (secondary N) is 1. The largest absolute Gasteiger partial charge is 0.481 e. The number of carbonyl (C=O) groups is 2. The second-order valence-corrected chi connectivity index (χ2v) is 4.57. The summed E-state index contributed by atoms with van der Waals surface area (Å²) in [6, 6.07) is 0. The Labute approximate surface area is 105 Å². The van der Waals surface area contributed by atoms with E-state index in [4.69, 9.17) is 21.4 Å². The Hall–Kier alpha value is -0.970. The third-order valence-corrected chi connectivity index (χ3v) is 3.20. The Morgan fingerprint density at radius 1 is 1.35 bits per heavy atom. The van der Waals surface area contributed by atoms with Crippen LogP contribution in [0.15, 0.2) is 0 Å². The molecule has 1 aliphatic rings. The number of hydrogen-bond donors (Lipinski definition) is 2. The summed E-state index contributed by atoms with van der Waals surface area (Å²) in [5.74, 6) is -0.860. The molecule has 0 saturated heterocycles. The molecule has 2 atom stereocenters. The zero-order valence-electron chi connectivity index (χ0n) is 9.65. The molecule has 0 unspecified atom stereocenters. The Morgan fingerprint density at radius 2 is 2.06 bits per heavy atom. The maximum atomic E-state index is 11.2. The van der Waals surface area contributed by atoms with Gasteiger partial charge in [-0.15, -0.1) is 11.6 Å². The number of aliphatic carboxylic acids is 1. The van der Waals surface area contributed by atoms with Crippen molar-refractivity contribution in [3.63, 3.8) is 0 Å². The van der Waals surface area contributed by atoms with Crippen LogP contribution in [0.25, 0.3) is 0 Å². The maximum Gasteiger partial charge on any atom is 0.407 e. The minimum absolute atomic E-state index is 0.00445. The average Bonchev–Trinajstić information content (AvgIpc) is 2.34. The van der Waals surface area contributed by atoms with Crippen LogP contribution in [0.1, 0.15) is 25.7 Å². The van der Waals surface area contributed by atoms with E-state index in [9.17, 15) is 9.59 Å². The lowest BCUT2D eigenvalue weighted by atomic mass is 9.79. The second-order valence-electron chi connectivity index (χ2n) is 4.20. The van der Waals surface area contributed by atoms with Crippen molar-refractivity contribution in [2.24, 2.45) is 11.8 Å². The van der Waals surface area contributed by atoms with Crippen molar-refractivity contribution in [3.8, 4) is 0 Å². The van der Waals surface area contributed by atoms with E-state index in [1.165, 1.54) is 0 Å². The van der Waals surface area contributed by atoms with Crippen molar-refractivity contribution in [2.45, 2.75) is 25.7 Å². The molecule has 6 heteroatoms. The standard InChI is InChI=1S/C11H18ClNO4/c12-5-6-17-11(16)13-7-8-3-1-2-4-9(8)10(14)15/h8-9H,1-7H2,(H,13,16)(H,14,15)/t8-,9-/m0/s1. The van der Waals surface area contributed by atoms with E-state index in [2.05, 4.69) is 5.32 Å². The van der Waals surface area contributed by atoms with Crippen molar-refractivity contribution in [1.82, 2.24) is 5.32 Å². The first-order chi connectivity index (χ1) is 8.15. The zero-order chi connectivity index (χ0) is 12.7. The van der Waals surface area contributed by atoms with Crippen molar-refractivity contribution >= 4 is 23.7 Å². The summed E-state index contributed by atoms with van der Waals surface area (Å²) in [5.41, 5.74) is 0. The van der Waals surface area contributed by atoms with Gasteiger partial charge in [0.25, 0.3) is 0 Å². The van der Waals surface area contributed by atoms with E-state index in [0.717, 1.165) is 19.3 Å². The summed E-state index contributed by atoms with van der Waals surface area (Å²) >= 11 is 5.38. The van der Waals surface area contributed by atoms with Gasteiger partial charge in [-0.25, -0.2) is 4.79 Å². The highest BCUT2D eigenvalue weighted by molar-refractivity contribution is 6.18. The highest BCUT2D eigenvalue weighted by Crippen LogP contribution is 2.29. The van der Waals surface area contributed by atoms with Gasteiger partial charge in [0.2, 0.25) is 0 Å². The van der Waals surface area contributed by atoms with Crippen molar-refractivity contribution in [2.75, 3.05) is 19.0 Å². The molecule has 0 radical (unpaired) electrons. The summed E-state index contributed by atoms with van der Waals surface area (Å²) in [4.78, 5) is 22.2. The van der Waals surface area contributed by atoms with E-state index in [1.54, 1.807) is 0 Å². The fraction of sp³-hybridized carbons (Fsp3) is 0.818. The summed E-state index contributed by atoms with van der Waals surface area (Å²) in [7, 11) is 0. The molecule has 17 heavy (non-hydrogen) atoms. The quantitative estimate of drug-likeness (QED) is 0.742. The van der Waals surface area contributed by atoms with Crippen LogP contribution in [0.2, 0.25) is 0 Å². The smallest absolute Gasteiger partial charge is 0.407 e. The minimum Gasteiger partial charge on any atom is -0.481 e. The molecule has 1 aliphatic carbocycles. The Balaban J connectivity index is 2.32. The van der Waals surface area contributed by atoms with Gasteiger partial charge in [-0.3, -0.25) is 4.79 Å². The highest BCUT2D eigenvalue weighted by Gasteiger charge is 2.30. The SMILES string of the molecule is O=C(NC[C@@H]1CCCC[C@@H]1C(=O)O)OCCCl. The molecule has 0 aliphatic heterocycles. The number of carboxylic acid groups (broad SMARTS) is 1. The molecule has 0 heterocycles. The predicted molar refractivity (Wildman–Crippen MR) is 63.2 cm³/mol. The van der Waals surface area contributed by atoms with Crippen molar-refractivity contribution < 1.29 is 19.4 Å². The van der Waals surface area contributed by atoms with Crippen molar-refractivity contribution in [3.05, 3.63) is 0 Å². The maximum absolute atomic E-state index is 11.2. The fourth-order valence-corrected chi connectivity index (χ4v) is 2.25. The summed E-state index contributed by atoms with van der Waals surface area (Å²) in [5, 5.41) is 11.6. The molecular weight excluding hydrogens is 246 g/mol. The average molecular weight is 264 g/mol. The highest BCUT2D eigenvalue weighted by atomic mass is 35.5. The van der Waals surface area contributed by atoms with E-state index < -0.39 is 12.1 Å². The summed E-state index contributed by atoms with van der Waals surface area (Å²) in [6.07, 6.45) is 2.97. The fourth-order valence-electron chi connectivity index (χ4n) is 2.17. The normalized spacial score (nSPS) is 24.1. The number of alkyl carbamates (subject to hydrolysis) is 1. The minimum atomic E-state index is -0.773. The van der Waals surface area contributed by atoms with Gasteiger partial charge in [0.15, 0.2) is 0 Å². The molecule has 1 amide bonds. The van der Waals surface area contributed by atoms with Crippen LogP contribution in [-0.4, -0.2) is 36.2 Å². The number of carboxylic acids is 1. The summed E-state index contributed by atoms with van der Waals surface area (Å²) < 4.78 is 4.75. The number of hydrogen-bond acceptors (Lipinski definition) is 3. The van der Waals surface area contributed by atoms with Gasteiger partial charge in [0.1, 0.15) is 6.61 Å². The van der Waals surface area contributed by atoms with Crippen LogP contribution in [-0.2, 0) is 9.53 Å². The Morgan fingerprint density at radius 3 is 2.71 bits per heavy atom. The predicted octanol–water partition coefficient (Wildman–Crippen LogP) is 1.84. The van der Waals surface area contributed by atoms with Gasteiger partial charge < -0.3 is 15.2 Å². The monoisotopic (exact) mass is 263 g/mol. The first-order valence-electron chi connectivity index (χ1n) is 5.84. The third-order valence-electron chi connectivity index (χ3n) is 3.05. The van der Waals surface area contributed by atoms with Gasteiger partial charge in [-0.1, -0.05) is 12.8 Å². The molecule has 5 nitrogen and oxygen atoms in total. The van der Waals surface area contributed by atoms with Crippen LogP contribution in [0.5, 0.6) is 0 Å². The molecule has 0 aromatic heterocycles. The number of amides is 1. The lowest BCUT2D eigenvalue weighted by Crippen LogP contribution is -2.37. The molecule has 2 N–H and O–H groups in total. The second kappa shape index (κ2) is 7.37. The molecule has 0 aromatic rings. The first kappa shape index (κ1) is 14.1. The van der Waals surface area contributed by atoms with E-state index >= 15 is 0 Å². The molecule has 0 bridgehead atoms. The van der Waals surface area contributed by atoms with E-state index in [-0.39, 0.29) is 24.3 Å². The van der Waals surface area contributed by atoms with E-state index in [0.29, 0.717) is 13.0 Å². The number of carbonyl (C=O) groups excluding carboxylic acids is 1. The van der Waals surface area contributed by atoms with Gasteiger partial charge in [-0.2, -0.15) is 0 Å². The molecule has 1 rings (SSSR count). The molecule has 1 saturated carbocycles. The molecular formula is C11H18ClNO4. The third kappa shape index (κ3) is 4.81. The van der Waals surface area contributed by atoms with Crippen LogP contribution < -0.4 is 5.32 Å². The zero-order valence-corrected chi connectivity index (χ0v) is 10.4. The number of rotatable bonds is 5. The lowest BCUT2D eigenvalue weighted by Gasteiger charge is -2.28. The molecule has 98 valence electrons. The summed E-state index contributed by atoms with van der Waals surface area (Å²) in [6.45, 7) is 0.526. The van der Waals surface area contributed by atoms with Crippen LogP contribution in [0, 0.1) is 11.8 Å².